The SMILES string of the molecule is Clc1cccc(Cl)c1Cc1cccc(CNc2ncnc3nc[nH]c23)c1. The molecule has 0 fully saturated rings. The molecular formula is C19H15Cl2N5. The number of hydrogen-bond acceptors (Lipinski definition) is 4. The van der Waals surface area contributed by atoms with Crippen molar-refractivity contribution in [2.45, 2.75) is 13.0 Å². The first-order valence-electron chi connectivity index (χ1n) is 8.09. The molecule has 0 unspecified atom stereocenters. The van der Waals surface area contributed by atoms with Crippen molar-refractivity contribution in [1.29, 1.82) is 0 Å². The van der Waals surface area contributed by atoms with Gasteiger partial charge in [-0.3, -0.25) is 0 Å². The van der Waals surface area contributed by atoms with E-state index in [9.17, 15) is 0 Å². The third kappa shape index (κ3) is 3.49. The maximum absolute atomic E-state index is 6.28. The van der Waals surface area contributed by atoms with Gasteiger partial charge in [0.25, 0.3) is 0 Å². The van der Waals surface area contributed by atoms with Crippen LogP contribution in [0.1, 0.15) is 16.7 Å². The summed E-state index contributed by atoms with van der Waals surface area (Å²) in [7, 11) is 0. The topological polar surface area (TPSA) is 66.5 Å². The maximum Gasteiger partial charge on any atom is 0.182 e. The molecule has 0 atom stereocenters. The third-order valence-corrected chi connectivity index (χ3v) is 4.83. The Kier molecular flexibility index (Phi) is 4.73. The number of rotatable bonds is 5. The zero-order valence-electron chi connectivity index (χ0n) is 13.7. The van der Waals surface area contributed by atoms with Crippen LogP contribution in [0.5, 0.6) is 0 Å². The average molecular weight is 384 g/mol. The van der Waals surface area contributed by atoms with Crippen LogP contribution in [0, 0.1) is 0 Å². The van der Waals surface area contributed by atoms with Crippen LogP contribution in [0.25, 0.3) is 11.2 Å². The van der Waals surface area contributed by atoms with E-state index in [0.29, 0.717) is 28.7 Å². The molecule has 0 aliphatic heterocycles. The lowest BCUT2D eigenvalue weighted by atomic mass is 10.0. The number of H-pyrrole nitrogens is 1. The van der Waals surface area contributed by atoms with E-state index in [1.807, 2.05) is 24.3 Å². The lowest BCUT2D eigenvalue weighted by Gasteiger charge is -2.10. The van der Waals surface area contributed by atoms with E-state index in [2.05, 4.69) is 43.5 Å². The van der Waals surface area contributed by atoms with E-state index >= 15 is 0 Å². The van der Waals surface area contributed by atoms with Crippen molar-refractivity contribution in [2.24, 2.45) is 0 Å². The van der Waals surface area contributed by atoms with Gasteiger partial charge in [-0.05, 0) is 28.8 Å². The Balaban J connectivity index is 1.52. The molecule has 0 amide bonds. The van der Waals surface area contributed by atoms with Gasteiger partial charge < -0.3 is 10.3 Å². The molecule has 2 aromatic heterocycles. The quantitative estimate of drug-likeness (QED) is 0.516. The summed E-state index contributed by atoms with van der Waals surface area (Å²) in [6.45, 7) is 0.634. The van der Waals surface area contributed by atoms with Crippen LogP contribution in [0.3, 0.4) is 0 Å². The highest BCUT2D eigenvalue weighted by Gasteiger charge is 2.08. The van der Waals surface area contributed by atoms with Crippen molar-refractivity contribution in [3.05, 3.63) is 81.9 Å². The summed E-state index contributed by atoms with van der Waals surface area (Å²) in [4.78, 5) is 15.6. The first-order chi connectivity index (χ1) is 12.7. The molecule has 130 valence electrons. The zero-order chi connectivity index (χ0) is 17.9. The molecular weight excluding hydrogens is 369 g/mol. The van der Waals surface area contributed by atoms with Gasteiger partial charge in [0.15, 0.2) is 11.5 Å². The average Bonchev–Trinajstić information content (AvgIpc) is 3.13. The van der Waals surface area contributed by atoms with Crippen molar-refractivity contribution >= 4 is 40.2 Å². The fourth-order valence-corrected chi connectivity index (χ4v) is 3.37. The summed E-state index contributed by atoms with van der Waals surface area (Å²) in [5, 5.41) is 4.70. The predicted octanol–water partition coefficient (Wildman–Crippen LogP) is 4.86. The number of fused-ring (bicyclic) bond motifs is 1. The van der Waals surface area contributed by atoms with Crippen LogP contribution in [-0.4, -0.2) is 19.9 Å². The molecule has 0 spiro atoms. The number of halogens is 2. The van der Waals surface area contributed by atoms with Gasteiger partial charge >= 0.3 is 0 Å². The van der Waals surface area contributed by atoms with Gasteiger partial charge in [-0.2, -0.15) is 0 Å². The Morgan fingerprint density at radius 3 is 2.54 bits per heavy atom. The van der Waals surface area contributed by atoms with Crippen molar-refractivity contribution in [2.75, 3.05) is 5.32 Å². The van der Waals surface area contributed by atoms with Crippen molar-refractivity contribution in [3.63, 3.8) is 0 Å². The second kappa shape index (κ2) is 7.32. The van der Waals surface area contributed by atoms with E-state index in [0.717, 1.165) is 28.0 Å². The maximum atomic E-state index is 6.28. The molecule has 0 saturated heterocycles. The summed E-state index contributed by atoms with van der Waals surface area (Å²) >= 11 is 12.6. The van der Waals surface area contributed by atoms with Crippen LogP contribution >= 0.6 is 23.2 Å². The molecule has 0 radical (unpaired) electrons. The zero-order valence-corrected chi connectivity index (χ0v) is 15.2. The van der Waals surface area contributed by atoms with Crippen LogP contribution in [-0.2, 0) is 13.0 Å². The fourth-order valence-electron chi connectivity index (χ4n) is 2.84. The first kappa shape index (κ1) is 16.8. The minimum absolute atomic E-state index is 0.634. The van der Waals surface area contributed by atoms with Crippen LogP contribution < -0.4 is 5.32 Å². The highest BCUT2D eigenvalue weighted by Crippen LogP contribution is 2.27. The Labute approximate surface area is 160 Å². The molecule has 2 aromatic carbocycles. The molecule has 2 N–H and O–H groups in total. The van der Waals surface area contributed by atoms with Crippen LogP contribution in [0.15, 0.2) is 55.1 Å². The van der Waals surface area contributed by atoms with Gasteiger partial charge in [0.1, 0.15) is 11.8 Å². The molecule has 7 heteroatoms. The number of anilines is 1. The number of imidazole rings is 1. The number of aromatic nitrogens is 4. The van der Waals surface area contributed by atoms with E-state index in [4.69, 9.17) is 23.2 Å². The molecule has 0 saturated carbocycles. The normalized spacial score (nSPS) is 11.0. The standard InChI is InChI=1S/C19H15Cl2N5/c20-15-5-2-6-16(21)14(15)8-12-3-1-4-13(7-12)9-22-18-17-19(24-10-23-17)26-11-25-18/h1-7,10-11H,8-9H2,(H2,22,23,24,25,26). The van der Waals surface area contributed by atoms with E-state index in [-0.39, 0.29) is 0 Å². The van der Waals surface area contributed by atoms with Gasteiger partial charge in [0.05, 0.1) is 6.33 Å². The van der Waals surface area contributed by atoms with Crippen LogP contribution in [0.2, 0.25) is 10.0 Å². The number of nitrogens with one attached hydrogen (secondary N) is 2. The Bertz CT molecular complexity index is 1040. The molecule has 0 aliphatic carbocycles. The Hall–Kier alpha value is -2.63. The summed E-state index contributed by atoms with van der Waals surface area (Å²) in [6.07, 6.45) is 3.80. The fraction of sp³-hybridized carbons (Fsp3) is 0.105. The van der Waals surface area contributed by atoms with Gasteiger partial charge in [0.2, 0.25) is 0 Å². The lowest BCUT2D eigenvalue weighted by Crippen LogP contribution is -2.03. The minimum Gasteiger partial charge on any atom is -0.364 e. The van der Waals surface area contributed by atoms with Crippen molar-refractivity contribution < 1.29 is 0 Å². The molecule has 5 nitrogen and oxygen atoms in total. The van der Waals surface area contributed by atoms with Crippen molar-refractivity contribution in [1.82, 2.24) is 19.9 Å². The smallest absolute Gasteiger partial charge is 0.182 e. The first-order valence-corrected chi connectivity index (χ1v) is 8.85. The number of hydrogen-bond donors (Lipinski definition) is 2. The monoisotopic (exact) mass is 383 g/mol. The van der Waals surface area contributed by atoms with Gasteiger partial charge in [-0.25, -0.2) is 15.0 Å². The molecule has 26 heavy (non-hydrogen) atoms. The number of aromatic amines is 1. The number of benzene rings is 2. The Morgan fingerprint density at radius 2 is 1.69 bits per heavy atom. The Morgan fingerprint density at radius 1 is 0.923 bits per heavy atom. The predicted molar refractivity (Wildman–Crippen MR) is 105 cm³/mol. The minimum atomic E-state index is 0.634. The van der Waals surface area contributed by atoms with E-state index in [1.54, 1.807) is 6.33 Å². The highest BCUT2D eigenvalue weighted by molar-refractivity contribution is 6.36. The molecule has 2 heterocycles. The van der Waals surface area contributed by atoms with Gasteiger partial charge in [-0.1, -0.05) is 53.5 Å². The van der Waals surface area contributed by atoms with E-state index < -0.39 is 0 Å². The van der Waals surface area contributed by atoms with Gasteiger partial charge in [0, 0.05) is 23.0 Å². The molecule has 4 rings (SSSR count). The van der Waals surface area contributed by atoms with Crippen LogP contribution in [0.4, 0.5) is 5.82 Å². The largest absolute Gasteiger partial charge is 0.364 e. The number of nitrogens with zero attached hydrogens (tertiary/aromatic N) is 3. The summed E-state index contributed by atoms with van der Waals surface area (Å²) < 4.78 is 0. The molecule has 4 aromatic rings. The summed E-state index contributed by atoms with van der Waals surface area (Å²) in [5.41, 5.74) is 4.66. The second-order valence-electron chi connectivity index (χ2n) is 5.87. The molecule has 0 bridgehead atoms. The third-order valence-electron chi connectivity index (χ3n) is 4.12. The van der Waals surface area contributed by atoms with Gasteiger partial charge in [-0.15, -0.1) is 0 Å². The molecule has 0 aliphatic rings. The summed E-state index contributed by atoms with van der Waals surface area (Å²) in [5.74, 6) is 0.729. The van der Waals surface area contributed by atoms with E-state index in [1.165, 1.54) is 6.33 Å². The summed E-state index contributed by atoms with van der Waals surface area (Å²) in [6, 6.07) is 13.9. The highest BCUT2D eigenvalue weighted by atomic mass is 35.5. The second-order valence-corrected chi connectivity index (χ2v) is 6.69. The lowest BCUT2D eigenvalue weighted by molar-refractivity contribution is 1.08. The van der Waals surface area contributed by atoms with Crippen molar-refractivity contribution in [3.8, 4) is 0 Å².